The summed E-state index contributed by atoms with van der Waals surface area (Å²) in [5.74, 6) is 0. The van der Waals surface area contributed by atoms with Crippen LogP contribution in [0.4, 0.5) is 0 Å². The Labute approximate surface area is 76.1 Å². The molecule has 0 aromatic carbocycles. The summed E-state index contributed by atoms with van der Waals surface area (Å²) in [6, 6.07) is 0. The Balaban J connectivity index is 0.000000120. The second kappa shape index (κ2) is 7.56. The van der Waals surface area contributed by atoms with Crippen LogP contribution < -0.4 is 10.6 Å². The Morgan fingerprint density at radius 2 is 0.667 bits per heavy atom. The van der Waals surface area contributed by atoms with E-state index in [2.05, 4.69) is 10.6 Å². The van der Waals surface area contributed by atoms with Gasteiger partial charge in [0.25, 0.3) is 0 Å². The molecule has 0 bridgehead atoms. The molecule has 1 saturated carbocycles. The summed E-state index contributed by atoms with van der Waals surface area (Å²) >= 11 is 0. The molecule has 0 aromatic rings. The number of hydrogen-bond acceptors (Lipinski definition) is 2. The van der Waals surface area contributed by atoms with E-state index >= 15 is 0 Å². The summed E-state index contributed by atoms with van der Waals surface area (Å²) in [4.78, 5) is 0. The number of nitrogens with one attached hydrogen (secondary N) is 2. The van der Waals surface area contributed by atoms with E-state index in [1.807, 2.05) is 0 Å². The van der Waals surface area contributed by atoms with Crippen LogP contribution in [0.2, 0.25) is 0 Å². The molecule has 1 heterocycles. The van der Waals surface area contributed by atoms with E-state index in [9.17, 15) is 0 Å². The maximum atomic E-state index is 3.22. The van der Waals surface area contributed by atoms with Crippen molar-refractivity contribution in [3.05, 3.63) is 0 Å². The van der Waals surface area contributed by atoms with Crippen molar-refractivity contribution in [2.24, 2.45) is 0 Å². The normalized spacial score (nSPS) is 24.0. The van der Waals surface area contributed by atoms with E-state index < -0.39 is 0 Å². The molecule has 2 aliphatic rings. The zero-order valence-electron chi connectivity index (χ0n) is 8.07. The molecule has 0 aromatic heterocycles. The van der Waals surface area contributed by atoms with Crippen molar-refractivity contribution in [2.45, 2.75) is 38.5 Å². The molecule has 2 N–H and O–H groups in total. The Kier molecular flexibility index (Phi) is 6.30. The average Bonchev–Trinajstić information content (AvgIpc) is 2.24. The van der Waals surface area contributed by atoms with Gasteiger partial charge in [-0.25, -0.2) is 0 Å². The van der Waals surface area contributed by atoms with Gasteiger partial charge in [-0.2, -0.15) is 0 Å². The Hall–Kier alpha value is -0.0800. The van der Waals surface area contributed by atoms with Crippen molar-refractivity contribution in [3.63, 3.8) is 0 Å². The SMILES string of the molecule is C1CCCCC1.C1CNCCN1. The van der Waals surface area contributed by atoms with Gasteiger partial charge in [0.1, 0.15) is 0 Å². The standard InChI is InChI=1S/C6H12.C4H10N2/c1-2-4-6-5-3-1;1-2-6-4-3-5-1/h1-6H2;5-6H,1-4H2. The molecule has 1 aliphatic carbocycles. The molecular weight excluding hydrogens is 148 g/mol. The van der Waals surface area contributed by atoms with E-state index in [1.54, 1.807) is 0 Å². The Bertz CT molecular complexity index is 50.8. The second-order valence-electron chi connectivity index (χ2n) is 3.62. The maximum absolute atomic E-state index is 3.22. The number of rotatable bonds is 0. The first-order valence-electron chi connectivity index (χ1n) is 5.41. The fourth-order valence-electron chi connectivity index (χ4n) is 1.66. The molecule has 0 amide bonds. The molecule has 2 heteroatoms. The van der Waals surface area contributed by atoms with Gasteiger partial charge in [0.15, 0.2) is 0 Å². The zero-order chi connectivity index (χ0) is 8.49. The van der Waals surface area contributed by atoms with Crippen LogP contribution in [0.25, 0.3) is 0 Å². The fourth-order valence-corrected chi connectivity index (χ4v) is 1.66. The van der Waals surface area contributed by atoms with Crippen LogP contribution in [0, 0.1) is 0 Å². The van der Waals surface area contributed by atoms with Gasteiger partial charge in [0, 0.05) is 26.2 Å². The average molecular weight is 170 g/mol. The Morgan fingerprint density at radius 3 is 0.833 bits per heavy atom. The van der Waals surface area contributed by atoms with Crippen molar-refractivity contribution in [1.29, 1.82) is 0 Å². The second-order valence-corrected chi connectivity index (χ2v) is 3.62. The first-order valence-corrected chi connectivity index (χ1v) is 5.41. The van der Waals surface area contributed by atoms with Crippen LogP contribution in [0.1, 0.15) is 38.5 Å². The summed E-state index contributed by atoms with van der Waals surface area (Å²) in [7, 11) is 0. The third-order valence-corrected chi connectivity index (χ3v) is 2.46. The predicted molar refractivity (Wildman–Crippen MR) is 53.4 cm³/mol. The summed E-state index contributed by atoms with van der Waals surface area (Å²) in [5.41, 5.74) is 0. The van der Waals surface area contributed by atoms with Gasteiger partial charge in [0.2, 0.25) is 0 Å². The summed E-state index contributed by atoms with van der Waals surface area (Å²) < 4.78 is 0. The molecule has 0 unspecified atom stereocenters. The van der Waals surface area contributed by atoms with Gasteiger partial charge < -0.3 is 10.6 Å². The molecule has 2 nitrogen and oxygen atoms in total. The van der Waals surface area contributed by atoms with Gasteiger partial charge in [-0.05, 0) is 0 Å². The fraction of sp³-hybridized carbons (Fsp3) is 1.00. The minimum Gasteiger partial charge on any atom is -0.314 e. The van der Waals surface area contributed by atoms with Crippen molar-refractivity contribution >= 4 is 0 Å². The van der Waals surface area contributed by atoms with E-state index in [1.165, 1.54) is 38.5 Å². The van der Waals surface area contributed by atoms with Crippen molar-refractivity contribution in [2.75, 3.05) is 26.2 Å². The van der Waals surface area contributed by atoms with Gasteiger partial charge in [0.05, 0.1) is 0 Å². The molecule has 0 atom stereocenters. The van der Waals surface area contributed by atoms with Gasteiger partial charge in [-0.15, -0.1) is 0 Å². The summed E-state index contributed by atoms with van der Waals surface area (Å²) in [6.07, 6.45) is 9.00. The van der Waals surface area contributed by atoms with Crippen LogP contribution in [0.5, 0.6) is 0 Å². The molecule has 12 heavy (non-hydrogen) atoms. The topological polar surface area (TPSA) is 24.1 Å². The van der Waals surface area contributed by atoms with Crippen LogP contribution in [0.3, 0.4) is 0 Å². The Morgan fingerprint density at radius 1 is 0.417 bits per heavy atom. The maximum Gasteiger partial charge on any atom is 0.00772 e. The molecular formula is C10H22N2. The molecule has 2 rings (SSSR count). The van der Waals surface area contributed by atoms with Crippen LogP contribution >= 0.6 is 0 Å². The highest BCUT2D eigenvalue weighted by molar-refractivity contribution is 4.59. The van der Waals surface area contributed by atoms with Crippen LogP contribution in [-0.2, 0) is 0 Å². The van der Waals surface area contributed by atoms with E-state index in [4.69, 9.17) is 0 Å². The highest BCUT2D eigenvalue weighted by Crippen LogP contribution is 2.15. The van der Waals surface area contributed by atoms with Gasteiger partial charge >= 0.3 is 0 Å². The molecule has 2 fully saturated rings. The van der Waals surface area contributed by atoms with Gasteiger partial charge in [-0.1, -0.05) is 38.5 Å². The minimum atomic E-state index is 1.14. The van der Waals surface area contributed by atoms with Crippen molar-refractivity contribution in [3.8, 4) is 0 Å². The zero-order valence-corrected chi connectivity index (χ0v) is 8.07. The number of hydrogen-bond donors (Lipinski definition) is 2. The highest BCUT2D eigenvalue weighted by Gasteiger charge is 1.95. The van der Waals surface area contributed by atoms with Gasteiger partial charge in [-0.3, -0.25) is 0 Å². The van der Waals surface area contributed by atoms with E-state index in [0.717, 1.165) is 26.2 Å². The lowest BCUT2D eigenvalue weighted by Crippen LogP contribution is -2.39. The molecule has 72 valence electrons. The minimum absolute atomic E-state index is 1.14. The lowest BCUT2D eigenvalue weighted by molar-refractivity contribution is 0.504. The summed E-state index contributed by atoms with van der Waals surface area (Å²) in [6.45, 7) is 4.56. The molecule has 1 aliphatic heterocycles. The first kappa shape index (κ1) is 10.0. The first-order chi connectivity index (χ1) is 6.00. The highest BCUT2D eigenvalue weighted by atomic mass is 15.0. The van der Waals surface area contributed by atoms with Crippen LogP contribution in [0.15, 0.2) is 0 Å². The molecule has 0 spiro atoms. The van der Waals surface area contributed by atoms with E-state index in [0.29, 0.717) is 0 Å². The molecule has 0 radical (unpaired) electrons. The summed E-state index contributed by atoms with van der Waals surface area (Å²) in [5, 5.41) is 6.44. The van der Waals surface area contributed by atoms with Crippen molar-refractivity contribution < 1.29 is 0 Å². The third-order valence-electron chi connectivity index (χ3n) is 2.46. The van der Waals surface area contributed by atoms with Crippen LogP contribution in [-0.4, -0.2) is 26.2 Å². The monoisotopic (exact) mass is 170 g/mol. The lowest BCUT2D eigenvalue weighted by Gasteiger charge is -2.11. The third kappa shape index (κ3) is 5.56. The lowest BCUT2D eigenvalue weighted by atomic mass is 10.0. The largest absolute Gasteiger partial charge is 0.314 e. The quantitative estimate of drug-likeness (QED) is 0.576. The number of piperazine rings is 1. The molecule has 1 saturated heterocycles. The van der Waals surface area contributed by atoms with E-state index in [-0.39, 0.29) is 0 Å². The van der Waals surface area contributed by atoms with Crippen molar-refractivity contribution in [1.82, 2.24) is 10.6 Å². The smallest absolute Gasteiger partial charge is 0.00772 e. The predicted octanol–water partition coefficient (Wildman–Crippen LogP) is 1.52.